The maximum Gasteiger partial charge on any atom is 0.0449 e. The molecule has 0 aliphatic rings. The van der Waals surface area contributed by atoms with Crippen LogP contribution in [0, 0.1) is 13.8 Å². The summed E-state index contributed by atoms with van der Waals surface area (Å²) in [5.41, 5.74) is 5.17. The molecule has 0 saturated heterocycles. The van der Waals surface area contributed by atoms with Crippen LogP contribution in [0.15, 0.2) is 40.9 Å². The van der Waals surface area contributed by atoms with Crippen LogP contribution >= 0.6 is 27.5 Å². The Kier molecular flexibility index (Phi) is 5.25. The number of nitrogens with one attached hydrogen (secondary N) is 1. The van der Waals surface area contributed by atoms with Crippen molar-refractivity contribution in [2.75, 3.05) is 7.05 Å². The summed E-state index contributed by atoms with van der Waals surface area (Å²) in [4.78, 5) is 0. The maximum atomic E-state index is 6.33. The van der Waals surface area contributed by atoms with E-state index >= 15 is 0 Å². The smallest absolute Gasteiger partial charge is 0.0449 e. The second-order valence-electron chi connectivity index (χ2n) is 5.07. The minimum Gasteiger partial charge on any atom is -0.313 e. The summed E-state index contributed by atoms with van der Waals surface area (Å²) in [6.07, 6.45) is 0.882. The van der Waals surface area contributed by atoms with Crippen LogP contribution in [0.25, 0.3) is 0 Å². The summed E-state index contributed by atoms with van der Waals surface area (Å²) < 4.78 is 1.01. The number of hydrogen-bond acceptors (Lipinski definition) is 1. The molecule has 1 nitrogen and oxygen atoms in total. The van der Waals surface area contributed by atoms with Gasteiger partial charge in [-0.3, -0.25) is 0 Å². The minimum atomic E-state index is 0.272. The lowest BCUT2D eigenvalue weighted by Gasteiger charge is -2.20. The molecule has 0 amide bonds. The minimum absolute atomic E-state index is 0.272. The zero-order valence-corrected chi connectivity index (χ0v) is 14.3. The van der Waals surface area contributed by atoms with Crippen LogP contribution in [0.2, 0.25) is 5.02 Å². The molecule has 1 unspecified atom stereocenters. The first-order chi connectivity index (χ1) is 9.52. The van der Waals surface area contributed by atoms with E-state index in [4.69, 9.17) is 11.6 Å². The highest BCUT2D eigenvalue weighted by molar-refractivity contribution is 9.10. The van der Waals surface area contributed by atoms with Crippen molar-refractivity contribution >= 4 is 27.5 Å². The molecule has 0 aliphatic heterocycles. The molecule has 2 aromatic rings. The Morgan fingerprint density at radius 1 is 1.20 bits per heavy atom. The van der Waals surface area contributed by atoms with E-state index in [1.807, 2.05) is 19.2 Å². The molecular weight excluding hydrogens is 334 g/mol. The molecule has 0 saturated carbocycles. The predicted molar refractivity (Wildman–Crippen MR) is 90.6 cm³/mol. The van der Waals surface area contributed by atoms with Gasteiger partial charge in [-0.2, -0.15) is 0 Å². The normalized spacial score (nSPS) is 12.4. The average Bonchev–Trinajstić information content (AvgIpc) is 2.42. The summed E-state index contributed by atoms with van der Waals surface area (Å²) in [6, 6.07) is 12.8. The second kappa shape index (κ2) is 6.75. The largest absolute Gasteiger partial charge is 0.313 e. The zero-order chi connectivity index (χ0) is 14.7. The molecular formula is C17H19BrClN. The molecule has 0 heterocycles. The molecule has 0 spiro atoms. The lowest BCUT2D eigenvalue weighted by atomic mass is 9.93. The van der Waals surface area contributed by atoms with E-state index in [2.05, 4.69) is 59.4 Å². The van der Waals surface area contributed by atoms with Gasteiger partial charge >= 0.3 is 0 Å². The van der Waals surface area contributed by atoms with Gasteiger partial charge < -0.3 is 5.32 Å². The zero-order valence-electron chi connectivity index (χ0n) is 12.0. The molecule has 2 rings (SSSR count). The van der Waals surface area contributed by atoms with E-state index in [-0.39, 0.29) is 6.04 Å². The standard InChI is InChI=1S/C17H19BrClN/c1-11-5-4-6-15(12(11)2)17(20-3)9-13-7-8-14(18)10-16(13)19/h4-8,10,17,20H,9H2,1-3H3. The molecule has 0 aliphatic carbocycles. The highest BCUT2D eigenvalue weighted by atomic mass is 79.9. The Hall–Kier alpha value is -0.830. The van der Waals surface area contributed by atoms with Gasteiger partial charge in [0.2, 0.25) is 0 Å². The van der Waals surface area contributed by atoms with Gasteiger partial charge in [-0.15, -0.1) is 0 Å². The van der Waals surface area contributed by atoms with Crippen molar-refractivity contribution < 1.29 is 0 Å². The molecule has 0 aromatic heterocycles. The Balaban J connectivity index is 2.31. The average molecular weight is 353 g/mol. The highest BCUT2D eigenvalue weighted by Gasteiger charge is 2.15. The van der Waals surface area contributed by atoms with Crippen LogP contribution in [0.4, 0.5) is 0 Å². The van der Waals surface area contributed by atoms with Gasteiger partial charge in [-0.1, -0.05) is 51.8 Å². The third-order valence-electron chi connectivity index (χ3n) is 3.81. The van der Waals surface area contributed by atoms with Crippen molar-refractivity contribution in [3.63, 3.8) is 0 Å². The van der Waals surface area contributed by atoms with Gasteiger partial charge in [0.25, 0.3) is 0 Å². The summed E-state index contributed by atoms with van der Waals surface area (Å²) in [7, 11) is 2.00. The summed E-state index contributed by atoms with van der Waals surface area (Å²) in [5, 5.41) is 4.22. The predicted octanol–water partition coefficient (Wildman–Crippen LogP) is 5.22. The van der Waals surface area contributed by atoms with Gasteiger partial charge in [0.15, 0.2) is 0 Å². The fourth-order valence-electron chi connectivity index (χ4n) is 2.43. The first kappa shape index (κ1) is 15.6. The SMILES string of the molecule is CNC(Cc1ccc(Br)cc1Cl)c1cccc(C)c1C. The van der Waals surface area contributed by atoms with Crippen molar-refractivity contribution in [3.8, 4) is 0 Å². The number of benzene rings is 2. The fraction of sp³-hybridized carbons (Fsp3) is 0.294. The highest BCUT2D eigenvalue weighted by Crippen LogP contribution is 2.28. The van der Waals surface area contributed by atoms with E-state index in [1.54, 1.807) is 0 Å². The quantitative estimate of drug-likeness (QED) is 0.795. The van der Waals surface area contributed by atoms with Gasteiger partial charge in [0.1, 0.15) is 0 Å². The molecule has 1 atom stereocenters. The maximum absolute atomic E-state index is 6.33. The molecule has 20 heavy (non-hydrogen) atoms. The number of aryl methyl sites for hydroxylation is 1. The summed E-state index contributed by atoms with van der Waals surface area (Å²) in [6.45, 7) is 4.33. The van der Waals surface area contributed by atoms with E-state index in [0.717, 1.165) is 21.5 Å². The van der Waals surface area contributed by atoms with Crippen LogP contribution in [-0.4, -0.2) is 7.05 Å². The summed E-state index contributed by atoms with van der Waals surface area (Å²) in [5.74, 6) is 0. The van der Waals surface area contributed by atoms with Gasteiger partial charge in [0.05, 0.1) is 0 Å². The Morgan fingerprint density at radius 3 is 2.60 bits per heavy atom. The lowest BCUT2D eigenvalue weighted by molar-refractivity contribution is 0.588. The molecule has 0 bridgehead atoms. The monoisotopic (exact) mass is 351 g/mol. The molecule has 106 valence electrons. The molecule has 2 aromatic carbocycles. The van der Waals surface area contributed by atoms with Crippen molar-refractivity contribution in [1.82, 2.24) is 5.32 Å². The number of likely N-dealkylation sites (N-methyl/N-ethyl adjacent to an activating group) is 1. The van der Waals surface area contributed by atoms with Gasteiger partial charge in [0, 0.05) is 15.5 Å². The molecule has 0 fully saturated rings. The first-order valence-corrected chi connectivity index (χ1v) is 7.87. The van der Waals surface area contributed by atoms with Crippen LogP contribution < -0.4 is 5.32 Å². The van der Waals surface area contributed by atoms with Crippen LogP contribution in [0.5, 0.6) is 0 Å². The van der Waals surface area contributed by atoms with Gasteiger partial charge in [-0.25, -0.2) is 0 Å². The molecule has 1 N–H and O–H groups in total. The van der Waals surface area contributed by atoms with Crippen LogP contribution in [0.3, 0.4) is 0 Å². The van der Waals surface area contributed by atoms with E-state index in [1.165, 1.54) is 16.7 Å². The topological polar surface area (TPSA) is 12.0 Å². The van der Waals surface area contributed by atoms with Crippen molar-refractivity contribution in [3.05, 3.63) is 68.1 Å². The third-order valence-corrected chi connectivity index (χ3v) is 4.65. The Bertz CT molecular complexity index is 610. The number of halogens is 2. The van der Waals surface area contributed by atoms with Gasteiger partial charge in [-0.05, 0) is 61.7 Å². The summed E-state index contributed by atoms with van der Waals surface area (Å²) >= 11 is 9.78. The molecule has 3 heteroatoms. The molecule has 0 radical (unpaired) electrons. The van der Waals surface area contributed by atoms with Crippen LogP contribution in [-0.2, 0) is 6.42 Å². The second-order valence-corrected chi connectivity index (χ2v) is 6.39. The van der Waals surface area contributed by atoms with Crippen molar-refractivity contribution in [1.29, 1.82) is 0 Å². The van der Waals surface area contributed by atoms with E-state index in [9.17, 15) is 0 Å². The number of hydrogen-bond donors (Lipinski definition) is 1. The van der Waals surface area contributed by atoms with Crippen molar-refractivity contribution in [2.45, 2.75) is 26.3 Å². The van der Waals surface area contributed by atoms with Crippen molar-refractivity contribution in [2.24, 2.45) is 0 Å². The van der Waals surface area contributed by atoms with E-state index < -0.39 is 0 Å². The Labute approximate surface area is 134 Å². The Morgan fingerprint density at radius 2 is 1.95 bits per heavy atom. The third kappa shape index (κ3) is 3.43. The fourth-order valence-corrected chi connectivity index (χ4v) is 3.18. The van der Waals surface area contributed by atoms with E-state index in [0.29, 0.717) is 0 Å². The first-order valence-electron chi connectivity index (χ1n) is 6.70. The number of rotatable bonds is 4. The van der Waals surface area contributed by atoms with Crippen LogP contribution in [0.1, 0.15) is 28.3 Å². The lowest BCUT2D eigenvalue weighted by Crippen LogP contribution is -2.20.